The van der Waals surface area contributed by atoms with Crippen LogP contribution in [0.25, 0.3) is 22.2 Å². The molecule has 2 bridgehead atoms. The highest BCUT2D eigenvalue weighted by Crippen LogP contribution is 2.40. The van der Waals surface area contributed by atoms with Gasteiger partial charge in [0.05, 0.1) is 5.39 Å². The Morgan fingerprint density at radius 3 is 2.71 bits per heavy atom. The molecule has 0 radical (unpaired) electrons. The quantitative estimate of drug-likeness (QED) is 0.528. The summed E-state index contributed by atoms with van der Waals surface area (Å²) < 4.78 is 22.7. The van der Waals surface area contributed by atoms with Crippen LogP contribution in [0.15, 0.2) is 24.4 Å². The van der Waals surface area contributed by atoms with Crippen LogP contribution < -0.4 is 15.0 Å². The molecule has 1 aliphatic carbocycles. The van der Waals surface area contributed by atoms with Gasteiger partial charge in [0.15, 0.2) is 5.82 Å². The minimum absolute atomic E-state index is 0.262. The number of aromatic nitrogens is 3. The van der Waals surface area contributed by atoms with Gasteiger partial charge in [-0.1, -0.05) is 25.1 Å². The molecule has 3 saturated heterocycles. The first-order chi connectivity index (χ1) is 18.5. The van der Waals surface area contributed by atoms with E-state index >= 15 is 4.39 Å². The lowest BCUT2D eigenvalue weighted by Crippen LogP contribution is -2.51. The zero-order valence-corrected chi connectivity index (χ0v) is 22.4. The molecule has 3 fully saturated rings. The predicted octanol–water partition coefficient (Wildman–Crippen LogP) is 4.68. The Kier molecular flexibility index (Phi) is 6.20. The molecule has 4 aliphatic rings. The largest absolute Gasteiger partial charge is 0.462 e. The summed E-state index contributed by atoms with van der Waals surface area (Å²) in [5.41, 5.74) is 4.13. The molecule has 3 unspecified atom stereocenters. The van der Waals surface area contributed by atoms with Gasteiger partial charge < -0.3 is 19.9 Å². The number of fused-ring (bicyclic) bond motifs is 4. The van der Waals surface area contributed by atoms with Gasteiger partial charge in [0.1, 0.15) is 23.6 Å². The Morgan fingerprint density at radius 2 is 1.92 bits per heavy atom. The summed E-state index contributed by atoms with van der Waals surface area (Å²) in [6, 6.07) is 7.70. The molecule has 0 amide bonds. The van der Waals surface area contributed by atoms with E-state index in [1.807, 2.05) is 12.1 Å². The second-order valence-corrected chi connectivity index (χ2v) is 11.8. The van der Waals surface area contributed by atoms with Gasteiger partial charge in [-0.3, -0.25) is 4.98 Å². The first-order valence-electron chi connectivity index (χ1n) is 14.4. The molecule has 0 spiro atoms. The molecule has 7 nitrogen and oxygen atoms in total. The summed E-state index contributed by atoms with van der Waals surface area (Å²) >= 11 is 0. The molecule has 200 valence electrons. The van der Waals surface area contributed by atoms with Crippen LogP contribution in [-0.4, -0.2) is 71.3 Å². The van der Waals surface area contributed by atoms with E-state index in [4.69, 9.17) is 14.7 Å². The fourth-order valence-corrected chi connectivity index (χ4v) is 7.21. The highest BCUT2D eigenvalue weighted by molar-refractivity contribution is 5.92. The summed E-state index contributed by atoms with van der Waals surface area (Å²) in [6.45, 7) is 5.52. The molecule has 38 heavy (non-hydrogen) atoms. The Labute approximate surface area is 223 Å². The normalized spacial score (nSPS) is 27.2. The number of benzene rings is 1. The van der Waals surface area contributed by atoms with Crippen LogP contribution in [0.3, 0.4) is 0 Å². The van der Waals surface area contributed by atoms with E-state index in [1.54, 1.807) is 6.20 Å². The third-order valence-electron chi connectivity index (χ3n) is 9.26. The molecule has 3 aromatic rings. The van der Waals surface area contributed by atoms with Crippen molar-refractivity contribution < 1.29 is 9.13 Å². The lowest BCUT2D eigenvalue weighted by atomic mass is 9.80. The molecule has 8 heteroatoms. The van der Waals surface area contributed by atoms with Crippen molar-refractivity contribution in [2.75, 3.05) is 38.2 Å². The minimum atomic E-state index is -0.377. The zero-order chi connectivity index (χ0) is 25.8. The van der Waals surface area contributed by atoms with E-state index in [-0.39, 0.29) is 11.8 Å². The Bertz CT molecular complexity index is 1350. The fourth-order valence-electron chi connectivity index (χ4n) is 7.21. The number of rotatable bonds is 5. The summed E-state index contributed by atoms with van der Waals surface area (Å²) in [7, 11) is 2.13. The lowest BCUT2D eigenvalue weighted by Gasteiger charge is -2.34. The number of likely N-dealkylation sites (tertiary alicyclic amines) is 1. The van der Waals surface area contributed by atoms with Gasteiger partial charge in [-0.15, -0.1) is 0 Å². The fraction of sp³-hybridized carbons (Fsp3) is 0.567. The van der Waals surface area contributed by atoms with Crippen molar-refractivity contribution in [3.05, 3.63) is 41.3 Å². The van der Waals surface area contributed by atoms with Gasteiger partial charge in [-0.25, -0.2) is 4.39 Å². The monoisotopic (exact) mass is 516 g/mol. The van der Waals surface area contributed by atoms with Crippen LogP contribution in [0.1, 0.15) is 62.5 Å². The standard InChI is InChI=1S/C30H37FN6O/c1-18-6-3-7-19-8-4-10-23(25(18)19)27-26(31)28-24(14-32-27)29(37-15-20-11-12-21(16-37)33-20)35-30(34-28)38-17-22-9-5-13-36(22)2/h4,8,10,14,18,20-22,33H,3,5-7,9,11-13,15-17H2,1-2H3/t18?,20?,21?,22-/m0/s1. The summed E-state index contributed by atoms with van der Waals surface area (Å²) in [5.74, 6) is 0.745. The lowest BCUT2D eigenvalue weighted by molar-refractivity contribution is 0.188. The number of pyridine rings is 1. The van der Waals surface area contributed by atoms with Gasteiger partial charge in [-0.05, 0) is 75.6 Å². The summed E-state index contributed by atoms with van der Waals surface area (Å²) in [5, 5.41) is 4.35. The summed E-state index contributed by atoms with van der Waals surface area (Å²) in [6.07, 6.45) is 9.70. The molecule has 7 rings (SSSR count). The van der Waals surface area contributed by atoms with Crippen LogP contribution >= 0.6 is 0 Å². The molecule has 3 aliphatic heterocycles. The van der Waals surface area contributed by atoms with Crippen molar-refractivity contribution in [1.82, 2.24) is 25.2 Å². The van der Waals surface area contributed by atoms with E-state index in [1.165, 1.54) is 24.0 Å². The van der Waals surface area contributed by atoms with E-state index in [0.29, 0.717) is 47.2 Å². The Balaban J connectivity index is 1.33. The highest BCUT2D eigenvalue weighted by Gasteiger charge is 2.34. The Morgan fingerprint density at radius 1 is 1.08 bits per heavy atom. The number of hydrogen-bond acceptors (Lipinski definition) is 7. The third-order valence-corrected chi connectivity index (χ3v) is 9.26. The van der Waals surface area contributed by atoms with Crippen LogP contribution in [0, 0.1) is 5.82 Å². The smallest absolute Gasteiger partial charge is 0.319 e. The molecular weight excluding hydrogens is 479 g/mol. The van der Waals surface area contributed by atoms with Gasteiger partial charge in [0.2, 0.25) is 0 Å². The average molecular weight is 517 g/mol. The van der Waals surface area contributed by atoms with Crippen LogP contribution in [0.5, 0.6) is 6.01 Å². The van der Waals surface area contributed by atoms with Gasteiger partial charge in [0.25, 0.3) is 0 Å². The third kappa shape index (κ3) is 4.22. The van der Waals surface area contributed by atoms with Gasteiger partial charge in [-0.2, -0.15) is 9.97 Å². The van der Waals surface area contributed by atoms with Crippen LogP contribution in [-0.2, 0) is 6.42 Å². The highest BCUT2D eigenvalue weighted by atomic mass is 19.1. The van der Waals surface area contributed by atoms with Gasteiger partial charge >= 0.3 is 6.01 Å². The summed E-state index contributed by atoms with van der Waals surface area (Å²) in [4.78, 5) is 18.9. The number of nitrogens with one attached hydrogen (secondary N) is 1. The SMILES string of the molecule is CC1CCCc2cccc(-c3ncc4c(N5CC6CCC(C5)N6)nc(OC[C@@H]5CCCN5C)nc4c3F)c21. The number of piperazine rings is 1. The van der Waals surface area contributed by atoms with E-state index in [0.717, 1.165) is 63.1 Å². The molecule has 1 aromatic carbocycles. The van der Waals surface area contributed by atoms with E-state index < -0.39 is 0 Å². The predicted molar refractivity (Wildman–Crippen MR) is 147 cm³/mol. The van der Waals surface area contributed by atoms with Crippen molar-refractivity contribution in [1.29, 1.82) is 0 Å². The maximum atomic E-state index is 16.5. The Hall–Kier alpha value is -2.84. The molecule has 5 heterocycles. The topological polar surface area (TPSA) is 66.4 Å². The first-order valence-corrected chi connectivity index (χ1v) is 14.4. The number of nitrogens with zero attached hydrogens (tertiary/aromatic N) is 5. The van der Waals surface area contributed by atoms with E-state index in [9.17, 15) is 0 Å². The zero-order valence-electron chi connectivity index (χ0n) is 22.4. The molecule has 0 saturated carbocycles. The maximum absolute atomic E-state index is 16.5. The molecule has 2 aromatic heterocycles. The number of likely N-dealkylation sites (N-methyl/N-ethyl adjacent to an activating group) is 1. The van der Waals surface area contributed by atoms with Crippen molar-refractivity contribution in [3.63, 3.8) is 0 Å². The van der Waals surface area contributed by atoms with Crippen molar-refractivity contribution in [2.24, 2.45) is 0 Å². The number of ether oxygens (including phenoxy) is 1. The van der Waals surface area contributed by atoms with E-state index in [2.05, 4.69) is 40.1 Å². The number of halogens is 1. The second-order valence-electron chi connectivity index (χ2n) is 11.8. The van der Waals surface area contributed by atoms with Crippen molar-refractivity contribution in [2.45, 2.75) is 75.9 Å². The van der Waals surface area contributed by atoms with Crippen LogP contribution in [0.4, 0.5) is 10.2 Å². The maximum Gasteiger partial charge on any atom is 0.319 e. The van der Waals surface area contributed by atoms with Crippen molar-refractivity contribution in [3.8, 4) is 17.3 Å². The molecule has 4 atom stereocenters. The number of anilines is 1. The second kappa shape index (κ2) is 9.72. The van der Waals surface area contributed by atoms with Crippen molar-refractivity contribution >= 4 is 16.7 Å². The van der Waals surface area contributed by atoms with Gasteiger partial charge in [0, 0.05) is 43.0 Å². The average Bonchev–Trinajstić information content (AvgIpc) is 3.50. The molecular formula is C30H37FN6O. The minimum Gasteiger partial charge on any atom is -0.462 e. The molecule has 1 N–H and O–H groups in total. The van der Waals surface area contributed by atoms with Crippen LogP contribution in [0.2, 0.25) is 0 Å². The number of hydrogen-bond donors (Lipinski definition) is 1. The first kappa shape index (κ1) is 24.2. The number of aryl methyl sites for hydroxylation is 1.